The minimum Gasteiger partial charge on any atom is -0.494 e. The van der Waals surface area contributed by atoms with Crippen LogP contribution in [0.15, 0.2) is 48.5 Å². The standard InChI is InChI=1S/C21H24O5/c1-3-5-14-24-17-10-12-18(13-11-17)25-15-21(23)26-19-8-6-16(7-9-19)20(22)4-2/h6-13H,3-5,14-15H2,1-2H3. The average Bonchev–Trinajstić information content (AvgIpc) is 2.67. The van der Waals surface area contributed by atoms with Gasteiger partial charge in [-0.15, -0.1) is 0 Å². The predicted octanol–water partition coefficient (Wildman–Crippen LogP) is 4.44. The molecule has 0 aliphatic rings. The van der Waals surface area contributed by atoms with Gasteiger partial charge >= 0.3 is 5.97 Å². The number of ketones is 1. The number of rotatable bonds is 10. The van der Waals surface area contributed by atoms with E-state index in [-0.39, 0.29) is 12.4 Å². The van der Waals surface area contributed by atoms with Gasteiger partial charge in [-0.05, 0) is 55.0 Å². The molecule has 5 nitrogen and oxygen atoms in total. The van der Waals surface area contributed by atoms with Gasteiger partial charge in [0.15, 0.2) is 12.4 Å². The Kier molecular flexibility index (Phi) is 7.68. The maximum atomic E-state index is 11.9. The van der Waals surface area contributed by atoms with Crippen molar-refractivity contribution in [3.63, 3.8) is 0 Å². The largest absolute Gasteiger partial charge is 0.494 e. The second-order valence-corrected chi connectivity index (χ2v) is 5.74. The first-order valence-corrected chi connectivity index (χ1v) is 8.82. The second-order valence-electron chi connectivity index (χ2n) is 5.74. The number of esters is 1. The summed E-state index contributed by atoms with van der Waals surface area (Å²) in [6.07, 6.45) is 2.54. The summed E-state index contributed by atoms with van der Waals surface area (Å²) in [5.41, 5.74) is 0.602. The van der Waals surface area contributed by atoms with Gasteiger partial charge in [0.05, 0.1) is 6.61 Å². The number of carbonyl (C=O) groups is 2. The molecule has 0 spiro atoms. The van der Waals surface area contributed by atoms with Crippen molar-refractivity contribution >= 4 is 11.8 Å². The van der Waals surface area contributed by atoms with Crippen LogP contribution in [0, 0.1) is 0 Å². The van der Waals surface area contributed by atoms with Gasteiger partial charge in [0, 0.05) is 12.0 Å². The molecule has 0 heterocycles. The highest BCUT2D eigenvalue weighted by molar-refractivity contribution is 5.95. The van der Waals surface area contributed by atoms with Crippen LogP contribution in [-0.2, 0) is 4.79 Å². The van der Waals surface area contributed by atoms with Gasteiger partial charge in [-0.2, -0.15) is 0 Å². The van der Waals surface area contributed by atoms with Crippen molar-refractivity contribution in [1.29, 1.82) is 0 Å². The van der Waals surface area contributed by atoms with Crippen molar-refractivity contribution in [1.82, 2.24) is 0 Å². The van der Waals surface area contributed by atoms with E-state index in [1.807, 2.05) is 0 Å². The van der Waals surface area contributed by atoms with E-state index in [0.717, 1.165) is 18.6 Å². The second kappa shape index (κ2) is 10.2. The molecule has 2 rings (SSSR count). The molecule has 0 bridgehead atoms. The molecule has 0 amide bonds. The fraction of sp³-hybridized carbons (Fsp3) is 0.333. The van der Waals surface area contributed by atoms with Gasteiger partial charge in [0.1, 0.15) is 17.2 Å². The molecule has 0 aliphatic carbocycles. The molecule has 0 atom stereocenters. The SMILES string of the molecule is CCCCOc1ccc(OCC(=O)Oc2ccc(C(=O)CC)cc2)cc1. The Balaban J connectivity index is 1.78. The zero-order valence-corrected chi connectivity index (χ0v) is 15.2. The monoisotopic (exact) mass is 356 g/mol. The number of Topliss-reactive ketones (excluding diaryl/α,β-unsaturated/α-hetero) is 1. The van der Waals surface area contributed by atoms with E-state index < -0.39 is 5.97 Å². The molecule has 0 unspecified atom stereocenters. The fourth-order valence-corrected chi connectivity index (χ4v) is 2.18. The van der Waals surface area contributed by atoms with Gasteiger partial charge in [0.25, 0.3) is 0 Å². The van der Waals surface area contributed by atoms with Crippen LogP contribution in [0.1, 0.15) is 43.5 Å². The van der Waals surface area contributed by atoms with Crippen LogP contribution in [0.4, 0.5) is 0 Å². The van der Waals surface area contributed by atoms with E-state index in [1.165, 1.54) is 0 Å². The molecule has 26 heavy (non-hydrogen) atoms. The van der Waals surface area contributed by atoms with Crippen LogP contribution >= 0.6 is 0 Å². The lowest BCUT2D eigenvalue weighted by Crippen LogP contribution is -2.17. The van der Waals surface area contributed by atoms with E-state index in [4.69, 9.17) is 14.2 Å². The molecule has 0 aliphatic heterocycles. The van der Waals surface area contributed by atoms with E-state index in [2.05, 4.69) is 6.92 Å². The first-order valence-electron chi connectivity index (χ1n) is 8.82. The van der Waals surface area contributed by atoms with E-state index in [0.29, 0.717) is 30.1 Å². The first kappa shape index (κ1) is 19.5. The number of benzene rings is 2. The summed E-state index contributed by atoms with van der Waals surface area (Å²) in [6.45, 7) is 4.40. The summed E-state index contributed by atoms with van der Waals surface area (Å²) >= 11 is 0. The summed E-state index contributed by atoms with van der Waals surface area (Å²) in [5, 5.41) is 0. The topological polar surface area (TPSA) is 61.8 Å². The van der Waals surface area contributed by atoms with Crippen molar-refractivity contribution in [3.05, 3.63) is 54.1 Å². The van der Waals surface area contributed by atoms with E-state index in [1.54, 1.807) is 55.5 Å². The Bertz CT molecular complexity index is 704. The number of hydrogen-bond donors (Lipinski definition) is 0. The summed E-state index contributed by atoms with van der Waals surface area (Å²) < 4.78 is 16.2. The molecule has 0 radical (unpaired) electrons. The van der Waals surface area contributed by atoms with Gasteiger partial charge in [-0.3, -0.25) is 4.79 Å². The van der Waals surface area contributed by atoms with Crippen molar-refractivity contribution in [2.75, 3.05) is 13.2 Å². The fourth-order valence-electron chi connectivity index (χ4n) is 2.18. The van der Waals surface area contributed by atoms with Gasteiger partial charge < -0.3 is 14.2 Å². The van der Waals surface area contributed by atoms with Crippen LogP contribution in [0.5, 0.6) is 17.2 Å². The Morgan fingerprint density at radius 1 is 0.808 bits per heavy atom. The van der Waals surface area contributed by atoms with Gasteiger partial charge in [-0.25, -0.2) is 4.79 Å². The van der Waals surface area contributed by atoms with Crippen LogP contribution in [0.2, 0.25) is 0 Å². The Morgan fingerprint density at radius 2 is 1.38 bits per heavy atom. The summed E-state index contributed by atoms with van der Waals surface area (Å²) in [4.78, 5) is 23.4. The third kappa shape index (κ3) is 6.24. The third-order valence-electron chi connectivity index (χ3n) is 3.68. The lowest BCUT2D eigenvalue weighted by Gasteiger charge is -2.09. The molecule has 0 N–H and O–H groups in total. The van der Waals surface area contributed by atoms with Crippen LogP contribution in [0.25, 0.3) is 0 Å². The van der Waals surface area contributed by atoms with Crippen LogP contribution in [0.3, 0.4) is 0 Å². The molecule has 0 saturated heterocycles. The Hall–Kier alpha value is -2.82. The van der Waals surface area contributed by atoms with Crippen molar-refractivity contribution in [2.45, 2.75) is 33.1 Å². The molecule has 2 aromatic carbocycles. The quantitative estimate of drug-likeness (QED) is 0.272. The molecule has 0 fully saturated rings. The first-order chi connectivity index (χ1) is 12.6. The average molecular weight is 356 g/mol. The van der Waals surface area contributed by atoms with E-state index >= 15 is 0 Å². The van der Waals surface area contributed by atoms with Crippen molar-refractivity contribution in [2.24, 2.45) is 0 Å². The maximum Gasteiger partial charge on any atom is 0.349 e. The number of hydrogen-bond acceptors (Lipinski definition) is 5. The smallest absolute Gasteiger partial charge is 0.349 e. The summed E-state index contributed by atoms with van der Waals surface area (Å²) in [5.74, 6) is 1.26. The highest BCUT2D eigenvalue weighted by atomic mass is 16.6. The molecule has 2 aromatic rings. The third-order valence-corrected chi connectivity index (χ3v) is 3.68. The highest BCUT2D eigenvalue weighted by Crippen LogP contribution is 2.18. The number of unbranched alkanes of at least 4 members (excludes halogenated alkanes) is 1. The Morgan fingerprint density at radius 3 is 1.96 bits per heavy atom. The lowest BCUT2D eigenvalue weighted by atomic mass is 10.1. The van der Waals surface area contributed by atoms with E-state index in [9.17, 15) is 9.59 Å². The molecular formula is C21H24O5. The normalized spacial score (nSPS) is 10.2. The van der Waals surface area contributed by atoms with Gasteiger partial charge in [-0.1, -0.05) is 20.3 Å². The Labute approximate surface area is 153 Å². The minimum atomic E-state index is -0.511. The maximum absolute atomic E-state index is 11.9. The van der Waals surface area contributed by atoms with Crippen molar-refractivity contribution < 1.29 is 23.8 Å². The number of ether oxygens (including phenoxy) is 3. The minimum absolute atomic E-state index is 0.0494. The number of carbonyl (C=O) groups excluding carboxylic acids is 2. The lowest BCUT2D eigenvalue weighted by molar-refractivity contribution is -0.136. The summed E-state index contributed by atoms with van der Waals surface area (Å²) in [6, 6.07) is 13.6. The zero-order valence-electron chi connectivity index (χ0n) is 15.2. The zero-order chi connectivity index (χ0) is 18.8. The molecular weight excluding hydrogens is 332 g/mol. The molecule has 0 saturated carbocycles. The van der Waals surface area contributed by atoms with Crippen molar-refractivity contribution in [3.8, 4) is 17.2 Å². The molecule has 5 heteroatoms. The molecule has 138 valence electrons. The van der Waals surface area contributed by atoms with Crippen LogP contribution in [-0.4, -0.2) is 25.0 Å². The van der Waals surface area contributed by atoms with Gasteiger partial charge in [0.2, 0.25) is 0 Å². The summed E-state index contributed by atoms with van der Waals surface area (Å²) in [7, 11) is 0. The molecule has 0 aromatic heterocycles. The van der Waals surface area contributed by atoms with Crippen LogP contribution < -0.4 is 14.2 Å². The highest BCUT2D eigenvalue weighted by Gasteiger charge is 2.08. The predicted molar refractivity (Wildman–Crippen MR) is 99.0 cm³/mol.